The van der Waals surface area contributed by atoms with Crippen LogP contribution in [0.4, 0.5) is 15.2 Å². The Bertz CT molecular complexity index is 1280. The summed E-state index contributed by atoms with van der Waals surface area (Å²) in [5, 5.41) is 5.81. The smallest absolute Gasteiger partial charge is 0.251 e. The van der Waals surface area contributed by atoms with Crippen molar-refractivity contribution in [3.8, 4) is 17.0 Å². The van der Waals surface area contributed by atoms with Crippen LogP contribution >= 0.6 is 11.3 Å². The normalized spacial score (nSPS) is 12.9. The number of nitrogens with one attached hydrogen (secondary N) is 1. The number of halogens is 1. The molecule has 0 saturated heterocycles. The molecule has 7 heteroatoms. The van der Waals surface area contributed by atoms with Gasteiger partial charge < -0.3 is 15.0 Å². The Kier molecular flexibility index (Phi) is 6.77. The van der Waals surface area contributed by atoms with E-state index in [9.17, 15) is 9.18 Å². The molecule has 4 aromatic rings. The third kappa shape index (κ3) is 5.69. The van der Waals surface area contributed by atoms with Gasteiger partial charge in [0, 0.05) is 28.7 Å². The molecule has 35 heavy (non-hydrogen) atoms. The van der Waals surface area contributed by atoms with Gasteiger partial charge in [0.2, 0.25) is 0 Å². The van der Waals surface area contributed by atoms with Crippen LogP contribution in [0.15, 0.2) is 78.2 Å². The minimum atomic E-state index is -0.270. The average molecular weight is 488 g/mol. The molecule has 5 nitrogen and oxygen atoms in total. The molecule has 1 aliphatic carbocycles. The maximum absolute atomic E-state index is 13.4. The van der Waals surface area contributed by atoms with Crippen LogP contribution in [0.25, 0.3) is 11.3 Å². The first kappa shape index (κ1) is 23.1. The van der Waals surface area contributed by atoms with Crippen molar-refractivity contribution in [2.45, 2.75) is 19.4 Å². The number of rotatable bonds is 9. The summed E-state index contributed by atoms with van der Waals surface area (Å²) in [5.74, 6) is 1.13. The molecule has 0 spiro atoms. The Morgan fingerprint density at radius 1 is 1.06 bits per heavy atom. The quantitative estimate of drug-likeness (QED) is 0.295. The maximum atomic E-state index is 13.4. The lowest BCUT2D eigenvalue weighted by atomic mass is 10.1. The minimum Gasteiger partial charge on any atom is -0.497 e. The number of nitrogens with zero attached hydrogens (tertiary/aromatic N) is 2. The van der Waals surface area contributed by atoms with Crippen LogP contribution in [-0.4, -0.2) is 24.5 Å². The Balaban J connectivity index is 1.38. The molecule has 0 radical (unpaired) electrons. The molecule has 0 atom stereocenters. The van der Waals surface area contributed by atoms with Gasteiger partial charge in [-0.2, -0.15) is 0 Å². The summed E-state index contributed by atoms with van der Waals surface area (Å²) in [6, 6.07) is 21.9. The topological polar surface area (TPSA) is 54.5 Å². The Hall–Kier alpha value is -3.71. The highest BCUT2D eigenvalue weighted by Crippen LogP contribution is 2.34. The third-order valence-electron chi connectivity index (χ3n) is 6.05. The van der Waals surface area contributed by atoms with E-state index in [1.807, 2.05) is 53.9 Å². The van der Waals surface area contributed by atoms with E-state index in [2.05, 4.69) is 10.2 Å². The minimum absolute atomic E-state index is 0.0284. The molecule has 1 aliphatic rings. The van der Waals surface area contributed by atoms with Crippen LogP contribution < -0.4 is 15.0 Å². The Morgan fingerprint density at radius 2 is 1.77 bits per heavy atom. The van der Waals surface area contributed by atoms with Crippen LogP contribution in [0.5, 0.6) is 5.75 Å². The molecule has 1 aromatic heterocycles. The van der Waals surface area contributed by atoms with E-state index < -0.39 is 0 Å². The van der Waals surface area contributed by atoms with Crippen LogP contribution in [0, 0.1) is 11.7 Å². The van der Waals surface area contributed by atoms with Gasteiger partial charge in [0.25, 0.3) is 5.91 Å². The first-order chi connectivity index (χ1) is 17.1. The number of benzene rings is 3. The molecule has 3 aromatic carbocycles. The van der Waals surface area contributed by atoms with Crippen LogP contribution in [0.2, 0.25) is 0 Å². The van der Waals surface area contributed by atoms with Crippen molar-refractivity contribution in [1.29, 1.82) is 0 Å². The van der Waals surface area contributed by atoms with E-state index in [-0.39, 0.29) is 11.7 Å². The molecule has 0 unspecified atom stereocenters. The highest BCUT2D eigenvalue weighted by Gasteiger charge is 2.22. The van der Waals surface area contributed by atoms with Crippen molar-refractivity contribution < 1.29 is 13.9 Å². The number of carbonyl (C=O) groups excluding carboxylic acids is 1. The zero-order chi connectivity index (χ0) is 24.2. The van der Waals surface area contributed by atoms with Gasteiger partial charge in [-0.3, -0.25) is 4.79 Å². The number of hydrogen-bond donors (Lipinski definition) is 1. The molecule has 0 bridgehead atoms. The van der Waals surface area contributed by atoms with Crippen molar-refractivity contribution in [2.24, 2.45) is 5.92 Å². The first-order valence-corrected chi connectivity index (χ1v) is 12.5. The molecule has 1 fully saturated rings. The molecular formula is C28H26FN3O2S. The summed E-state index contributed by atoms with van der Waals surface area (Å²) in [7, 11) is 1.64. The zero-order valence-corrected chi connectivity index (χ0v) is 20.2. The van der Waals surface area contributed by atoms with Crippen molar-refractivity contribution in [1.82, 2.24) is 10.3 Å². The monoisotopic (exact) mass is 487 g/mol. The van der Waals surface area contributed by atoms with Gasteiger partial charge in [-0.15, -0.1) is 11.3 Å². The summed E-state index contributed by atoms with van der Waals surface area (Å²) in [6.07, 6.45) is 2.42. The van der Waals surface area contributed by atoms with E-state index in [1.165, 1.54) is 36.3 Å². The standard InChI is InChI=1S/C28H26FN3O2S/c1-34-25-14-12-24(13-15-25)32(28-31-26(18-35-28)21-8-10-23(29)11-9-21)17-20-4-6-22(7-5-20)27(33)30-16-19-2-3-19/h4-15,18-19H,2-3,16-17H2,1H3,(H,30,33). The number of thiazole rings is 1. The summed E-state index contributed by atoms with van der Waals surface area (Å²) in [6.45, 7) is 1.33. The van der Waals surface area contributed by atoms with Gasteiger partial charge in [0.05, 0.1) is 19.3 Å². The summed E-state index contributed by atoms with van der Waals surface area (Å²) in [4.78, 5) is 19.4. The van der Waals surface area contributed by atoms with Gasteiger partial charge in [-0.1, -0.05) is 12.1 Å². The van der Waals surface area contributed by atoms with Crippen molar-refractivity contribution in [3.63, 3.8) is 0 Å². The van der Waals surface area contributed by atoms with E-state index in [4.69, 9.17) is 9.72 Å². The van der Waals surface area contributed by atoms with Crippen LogP contribution in [-0.2, 0) is 6.54 Å². The number of aromatic nitrogens is 1. The SMILES string of the molecule is COc1ccc(N(Cc2ccc(C(=O)NCC3CC3)cc2)c2nc(-c3ccc(F)cc3)cs2)cc1. The summed E-state index contributed by atoms with van der Waals surface area (Å²) in [5.41, 5.74) is 4.35. The second kappa shape index (κ2) is 10.3. The van der Waals surface area contributed by atoms with Gasteiger partial charge >= 0.3 is 0 Å². The molecule has 178 valence electrons. The average Bonchev–Trinajstić information content (AvgIpc) is 3.61. The lowest BCUT2D eigenvalue weighted by Gasteiger charge is -2.22. The zero-order valence-electron chi connectivity index (χ0n) is 19.4. The third-order valence-corrected chi connectivity index (χ3v) is 6.92. The molecule has 1 saturated carbocycles. The molecule has 1 N–H and O–H groups in total. The highest BCUT2D eigenvalue weighted by molar-refractivity contribution is 7.14. The number of anilines is 2. The van der Waals surface area contributed by atoms with Crippen molar-refractivity contribution in [2.75, 3.05) is 18.6 Å². The highest BCUT2D eigenvalue weighted by atomic mass is 32.1. The number of carbonyl (C=O) groups is 1. The second-order valence-corrected chi connectivity index (χ2v) is 9.49. The van der Waals surface area contributed by atoms with E-state index in [1.54, 1.807) is 19.2 Å². The van der Waals surface area contributed by atoms with Gasteiger partial charge in [0.15, 0.2) is 5.13 Å². The number of ether oxygens (including phenoxy) is 1. The number of methoxy groups -OCH3 is 1. The van der Waals surface area contributed by atoms with E-state index >= 15 is 0 Å². The summed E-state index contributed by atoms with van der Waals surface area (Å²) >= 11 is 1.53. The van der Waals surface area contributed by atoms with Gasteiger partial charge in [0.1, 0.15) is 11.6 Å². The molecular weight excluding hydrogens is 461 g/mol. The second-order valence-electron chi connectivity index (χ2n) is 8.66. The van der Waals surface area contributed by atoms with E-state index in [0.717, 1.165) is 39.9 Å². The molecule has 0 aliphatic heterocycles. The lowest BCUT2D eigenvalue weighted by Crippen LogP contribution is -2.25. The van der Waals surface area contributed by atoms with Crippen molar-refractivity contribution in [3.05, 3.63) is 95.1 Å². The molecule has 5 rings (SSSR count). The molecule has 1 heterocycles. The number of amides is 1. The maximum Gasteiger partial charge on any atom is 0.251 e. The van der Waals surface area contributed by atoms with Crippen LogP contribution in [0.3, 0.4) is 0 Å². The van der Waals surface area contributed by atoms with Crippen molar-refractivity contribution >= 4 is 28.1 Å². The Morgan fingerprint density at radius 3 is 2.43 bits per heavy atom. The fraction of sp³-hybridized carbons (Fsp3) is 0.214. The first-order valence-electron chi connectivity index (χ1n) is 11.6. The largest absolute Gasteiger partial charge is 0.497 e. The Labute approximate surface area is 208 Å². The number of hydrogen-bond acceptors (Lipinski definition) is 5. The van der Waals surface area contributed by atoms with E-state index in [0.29, 0.717) is 18.0 Å². The predicted octanol–water partition coefficient (Wildman–Crippen LogP) is 6.44. The predicted molar refractivity (Wildman–Crippen MR) is 138 cm³/mol. The van der Waals surface area contributed by atoms with Crippen LogP contribution in [0.1, 0.15) is 28.8 Å². The summed E-state index contributed by atoms with van der Waals surface area (Å²) < 4.78 is 18.7. The molecule has 1 amide bonds. The van der Waals surface area contributed by atoms with Gasteiger partial charge in [-0.25, -0.2) is 9.37 Å². The van der Waals surface area contributed by atoms with Gasteiger partial charge in [-0.05, 0) is 85.0 Å². The lowest BCUT2D eigenvalue weighted by molar-refractivity contribution is 0.0952. The fourth-order valence-electron chi connectivity index (χ4n) is 3.78. The fourth-order valence-corrected chi connectivity index (χ4v) is 4.63.